The number of fused-ring (bicyclic) bond motifs is 2. The van der Waals surface area contributed by atoms with Crippen LogP contribution in [0.2, 0.25) is 5.02 Å². The van der Waals surface area contributed by atoms with Crippen LogP contribution in [0.25, 0.3) is 0 Å². The van der Waals surface area contributed by atoms with E-state index < -0.39 is 11.5 Å². The van der Waals surface area contributed by atoms with Gasteiger partial charge in [0.25, 0.3) is 0 Å². The molecule has 170 valence electrons. The number of nitrogens with zero attached hydrogens (tertiary/aromatic N) is 1. The fraction of sp³-hybridized carbons (Fsp3) is 0.462. The quantitative estimate of drug-likeness (QED) is 0.697. The summed E-state index contributed by atoms with van der Waals surface area (Å²) < 4.78 is 0. The zero-order valence-corrected chi connectivity index (χ0v) is 20.2. The molecule has 0 saturated carbocycles. The first-order valence-corrected chi connectivity index (χ1v) is 11.6. The number of carbonyl (C=O) groups excluding carboxylic acids is 2. The van der Waals surface area contributed by atoms with E-state index in [0.29, 0.717) is 5.02 Å². The first-order chi connectivity index (χ1) is 15.1. The summed E-state index contributed by atoms with van der Waals surface area (Å²) in [7, 11) is 3.54. The normalized spacial score (nSPS) is 26.8. The Hall–Kier alpha value is -2.37. The van der Waals surface area contributed by atoms with Crippen LogP contribution in [0.4, 0.5) is 5.69 Å². The highest BCUT2D eigenvalue weighted by molar-refractivity contribution is 6.31. The maximum atomic E-state index is 14.0. The third kappa shape index (κ3) is 3.52. The second-order valence-corrected chi connectivity index (χ2v) is 10.5. The van der Waals surface area contributed by atoms with Gasteiger partial charge >= 0.3 is 0 Å². The molecule has 2 heterocycles. The van der Waals surface area contributed by atoms with Crippen LogP contribution in [0.5, 0.6) is 0 Å². The molecule has 0 bridgehead atoms. The van der Waals surface area contributed by atoms with Crippen LogP contribution in [0.1, 0.15) is 50.7 Å². The number of rotatable bonds is 5. The Morgan fingerprint density at radius 3 is 2.47 bits per heavy atom. The van der Waals surface area contributed by atoms with Gasteiger partial charge in [0.2, 0.25) is 11.8 Å². The van der Waals surface area contributed by atoms with Gasteiger partial charge in [-0.15, -0.1) is 0 Å². The predicted octanol–water partition coefficient (Wildman–Crippen LogP) is 4.57. The third-order valence-electron chi connectivity index (χ3n) is 7.38. The largest absolute Gasteiger partial charge is 0.347 e. The molecule has 0 aromatic heterocycles. The molecule has 0 radical (unpaired) electrons. The summed E-state index contributed by atoms with van der Waals surface area (Å²) in [5.74, 6) is -0.439. The molecule has 1 fully saturated rings. The minimum atomic E-state index is -0.913. The van der Waals surface area contributed by atoms with Crippen LogP contribution in [0.3, 0.4) is 0 Å². The van der Waals surface area contributed by atoms with Crippen molar-refractivity contribution in [3.05, 3.63) is 64.7 Å². The first kappa shape index (κ1) is 22.8. The SMILES string of the molecule is CCC(C)(C)C[C@H]1N[C@@H](C(=O)N(C)C)[C@H](c2ccccc2)[C@@]12C(=O)Nc1cc(Cl)ccc12. The first-order valence-electron chi connectivity index (χ1n) is 11.3. The fourth-order valence-electron chi connectivity index (χ4n) is 5.43. The molecule has 2 aromatic rings. The van der Waals surface area contributed by atoms with Gasteiger partial charge in [-0.05, 0) is 35.1 Å². The number of carbonyl (C=O) groups is 2. The highest BCUT2D eigenvalue weighted by Gasteiger charge is 2.65. The third-order valence-corrected chi connectivity index (χ3v) is 7.62. The van der Waals surface area contributed by atoms with E-state index >= 15 is 0 Å². The second-order valence-electron chi connectivity index (χ2n) is 10.1. The van der Waals surface area contributed by atoms with Crippen molar-refractivity contribution < 1.29 is 9.59 Å². The molecule has 4 rings (SSSR count). The zero-order chi connectivity index (χ0) is 23.3. The standard InChI is InChI=1S/C26H32ClN3O2/c1-6-25(2,3)15-20-26(18-13-12-17(27)14-19(18)28-24(26)32)21(16-10-8-7-9-11-16)22(29-20)23(31)30(4)5/h7-14,20-22,29H,6,15H2,1-5H3,(H,28,32)/t20-,21+,22-,26+/m1/s1. The number of amides is 2. The van der Waals surface area contributed by atoms with E-state index in [1.54, 1.807) is 19.0 Å². The van der Waals surface area contributed by atoms with Crippen LogP contribution in [0, 0.1) is 5.41 Å². The molecule has 32 heavy (non-hydrogen) atoms. The van der Waals surface area contributed by atoms with E-state index in [0.717, 1.165) is 29.7 Å². The maximum absolute atomic E-state index is 14.0. The monoisotopic (exact) mass is 453 g/mol. The van der Waals surface area contributed by atoms with E-state index in [2.05, 4.69) is 31.4 Å². The van der Waals surface area contributed by atoms with Gasteiger partial charge < -0.3 is 15.5 Å². The van der Waals surface area contributed by atoms with E-state index in [1.807, 2.05) is 48.5 Å². The molecule has 2 aliphatic rings. The van der Waals surface area contributed by atoms with Gasteiger partial charge in [-0.25, -0.2) is 0 Å². The van der Waals surface area contributed by atoms with E-state index in [1.165, 1.54) is 0 Å². The molecule has 2 amide bonds. The van der Waals surface area contributed by atoms with Crippen molar-refractivity contribution in [1.29, 1.82) is 0 Å². The Labute approximate surface area is 195 Å². The molecule has 4 atom stereocenters. The van der Waals surface area contributed by atoms with Gasteiger partial charge in [0.05, 0.1) is 6.04 Å². The van der Waals surface area contributed by atoms with Crippen LogP contribution in [0.15, 0.2) is 48.5 Å². The van der Waals surface area contributed by atoms with Gasteiger partial charge in [-0.3, -0.25) is 9.59 Å². The lowest BCUT2D eigenvalue weighted by Gasteiger charge is -2.38. The van der Waals surface area contributed by atoms with Crippen molar-refractivity contribution in [2.45, 2.75) is 57.0 Å². The van der Waals surface area contributed by atoms with Crippen molar-refractivity contribution in [2.75, 3.05) is 19.4 Å². The number of nitrogens with one attached hydrogen (secondary N) is 2. The molecular weight excluding hydrogens is 422 g/mol. The van der Waals surface area contributed by atoms with Gasteiger partial charge in [0.1, 0.15) is 5.41 Å². The van der Waals surface area contributed by atoms with Crippen LogP contribution < -0.4 is 10.6 Å². The summed E-state index contributed by atoms with van der Waals surface area (Å²) in [6.45, 7) is 6.61. The summed E-state index contributed by atoms with van der Waals surface area (Å²) >= 11 is 6.28. The highest BCUT2D eigenvalue weighted by atomic mass is 35.5. The lowest BCUT2D eigenvalue weighted by atomic mass is 9.62. The molecule has 2 aromatic carbocycles. The Morgan fingerprint density at radius 2 is 1.84 bits per heavy atom. The molecule has 1 spiro atoms. The Bertz CT molecular complexity index is 1040. The Kier molecular flexibility index (Phi) is 5.84. The fourth-order valence-corrected chi connectivity index (χ4v) is 5.60. The molecule has 2 aliphatic heterocycles. The van der Waals surface area contributed by atoms with Crippen molar-refractivity contribution in [3.63, 3.8) is 0 Å². The smallest absolute Gasteiger partial charge is 0.239 e. The molecule has 0 unspecified atom stereocenters. The van der Waals surface area contributed by atoms with Crippen LogP contribution in [-0.2, 0) is 15.0 Å². The number of hydrogen-bond donors (Lipinski definition) is 2. The molecule has 5 nitrogen and oxygen atoms in total. The average Bonchev–Trinajstić information content (AvgIpc) is 3.23. The Balaban J connectivity index is 1.98. The summed E-state index contributed by atoms with van der Waals surface area (Å²) in [6.07, 6.45) is 1.73. The summed E-state index contributed by atoms with van der Waals surface area (Å²) in [6, 6.07) is 14.8. The predicted molar refractivity (Wildman–Crippen MR) is 129 cm³/mol. The molecule has 1 saturated heterocycles. The summed E-state index contributed by atoms with van der Waals surface area (Å²) in [4.78, 5) is 29.0. The van der Waals surface area contributed by atoms with Gasteiger partial charge in [0, 0.05) is 36.8 Å². The van der Waals surface area contributed by atoms with E-state index in [9.17, 15) is 9.59 Å². The van der Waals surface area contributed by atoms with Crippen molar-refractivity contribution >= 4 is 29.1 Å². The highest BCUT2D eigenvalue weighted by Crippen LogP contribution is 2.56. The average molecular weight is 454 g/mol. The minimum Gasteiger partial charge on any atom is -0.347 e. The molecule has 2 N–H and O–H groups in total. The number of halogens is 1. The Morgan fingerprint density at radius 1 is 1.16 bits per heavy atom. The van der Waals surface area contributed by atoms with E-state index in [-0.39, 0.29) is 29.2 Å². The number of likely N-dealkylation sites (N-methyl/N-ethyl adjacent to an activating group) is 1. The van der Waals surface area contributed by atoms with Crippen LogP contribution in [-0.4, -0.2) is 42.9 Å². The zero-order valence-electron chi connectivity index (χ0n) is 19.4. The lowest BCUT2D eigenvalue weighted by Crippen LogP contribution is -2.49. The van der Waals surface area contributed by atoms with Crippen molar-refractivity contribution in [1.82, 2.24) is 10.2 Å². The second kappa shape index (κ2) is 8.20. The molecule has 6 heteroatoms. The van der Waals surface area contributed by atoms with E-state index in [4.69, 9.17) is 11.6 Å². The topological polar surface area (TPSA) is 61.4 Å². The number of anilines is 1. The number of benzene rings is 2. The lowest BCUT2D eigenvalue weighted by molar-refractivity contribution is -0.131. The summed E-state index contributed by atoms with van der Waals surface area (Å²) in [5.41, 5.74) is 1.72. The van der Waals surface area contributed by atoms with Gasteiger partial charge in [0.15, 0.2) is 0 Å². The van der Waals surface area contributed by atoms with Crippen molar-refractivity contribution in [2.24, 2.45) is 5.41 Å². The molecule has 0 aliphatic carbocycles. The minimum absolute atomic E-state index is 0.00256. The van der Waals surface area contributed by atoms with Gasteiger partial charge in [-0.1, -0.05) is 75.2 Å². The number of hydrogen-bond acceptors (Lipinski definition) is 3. The van der Waals surface area contributed by atoms with Gasteiger partial charge in [-0.2, -0.15) is 0 Å². The summed E-state index contributed by atoms with van der Waals surface area (Å²) in [5, 5.41) is 7.33. The maximum Gasteiger partial charge on any atom is 0.239 e. The van der Waals surface area contributed by atoms with Crippen molar-refractivity contribution in [3.8, 4) is 0 Å². The van der Waals surface area contributed by atoms with Crippen LogP contribution >= 0.6 is 11.6 Å². The molecular formula is C26H32ClN3O2.